The number of nitrogens with one attached hydrogen (secondary N) is 1. The highest BCUT2D eigenvalue weighted by molar-refractivity contribution is 5.19. The lowest BCUT2D eigenvalue weighted by Crippen LogP contribution is -2.34. The summed E-state index contributed by atoms with van der Waals surface area (Å²) >= 11 is 0. The number of nitrogens with zero attached hydrogens (tertiary/aromatic N) is 1. The maximum absolute atomic E-state index is 11.5. The van der Waals surface area contributed by atoms with Crippen LogP contribution in [0, 0.1) is 6.92 Å². The van der Waals surface area contributed by atoms with Crippen LogP contribution < -0.4 is 11.2 Å². The van der Waals surface area contributed by atoms with Crippen LogP contribution in [-0.4, -0.2) is 9.55 Å². The number of rotatable bonds is 2. The van der Waals surface area contributed by atoms with Crippen molar-refractivity contribution in [3.63, 3.8) is 0 Å². The third kappa shape index (κ3) is 1.64. The van der Waals surface area contributed by atoms with Gasteiger partial charge in [0, 0.05) is 17.8 Å². The first-order valence-corrected chi connectivity index (χ1v) is 4.82. The molecule has 0 aliphatic carbocycles. The molecule has 1 aromatic rings. The number of aromatic amines is 1. The van der Waals surface area contributed by atoms with E-state index in [1.807, 2.05) is 27.7 Å². The smallest absolute Gasteiger partial charge is 0.298 e. The second-order valence-electron chi connectivity index (χ2n) is 3.66. The molecular weight excluding hydrogens is 180 g/mol. The largest absolute Gasteiger partial charge is 0.328 e. The fraction of sp³-hybridized carbons (Fsp3) is 0.600. The predicted molar refractivity (Wildman–Crippen MR) is 55.8 cm³/mol. The molecule has 4 heteroatoms. The molecule has 0 saturated carbocycles. The summed E-state index contributed by atoms with van der Waals surface area (Å²) in [4.78, 5) is 25.2. The zero-order valence-electron chi connectivity index (χ0n) is 9.05. The Kier molecular flexibility index (Phi) is 2.93. The zero-order chi connectivity index (χ0) is 10.9. The maximum atomic E-state index is 11.5. The molecule has 1 aromatic heterocycles. The summed E-state index contributed by atoms with van der Waals surface area (Å²) in [6, 6.07) is 0. The van der Waals surface area contributed by atoms with Gasteiger partial charge in [-0.15, -0.1) is 0 Å². The van der Waals surface area contributed by atoms with Crippen LogP contribution in [0.15, 0.2) is 9.59 Å². The summed E-state index contributed by atoms with van der Waals surface area (Å²) in [5.41, 5.74) is 0.898. The minimum Gasteiger partial charge on any atom is -0.298 e. The molecule has 4 nitrogen and oxygen atoms in total. The fourth-order valence-corrected chi connectivity index (χ4v) is 1.75. The van der Waals surface area contributed by atoms with Gasteiger partial charge in [0.2, 0.25) is 0 Å². The van der Waals surface area contributed by atoms with Gasteiger partial charge in [-0.3, -0.25) is 14.3 Å². The fourth-order valence-electron chi connectivity index (χ4n) is 1.75. The Morgan fingerprint density at radius 1 is 1.36 bits per heavy atom. The molecule has 0 aliphatic rings. The van der Waals surface area contributed by atoms with Crippen molar-refractivity contribution in [3.05, 3.63) is 32.1 Å². The average molecular weight is 196 g/mol. The summed E-state index contributed by atoms with van der Waals surface area (Å²) in [5, 5.41) is 0. The molecule has 1 rings (SSSR count). The SMILES string of the molecule is CCn1c(C)c(C(C)C)c(=O)[nH]c1=O. The lowest BCUT2D eigenvalue weighted by atomic mass is 10.0. The summed E-state index contributed by atoms with van der Waals surface area (Å²) < 4.78 is 1.58. The van der Waals surface area contributed by atoms with Crippen LogP contribution in [0.1, 0.15) is 37.9 Å². The maximum Gasteiger partial charge on any atom is 0.328 e. The molecular formula is C10H16N2O2. The molecule has 0 fully saturated rings. The quantitative estimate of drug-likeness (QED) is 0.766. The number of H-pyrrole nitrogens is 1. The number of aromatic nitrogens is 2. The first-order chi connectivity index (χ1) is 6.49. The van der Waals surface area contributed by atoms with Gasteiger partial charge in [-0.25, -0.2) is 4.79 Å². The number of hydrogen-bond acceptors (Lipinski definition) is 2. The van der Waals surface area contributed by atoms with Gasteiger partial charge in [-0.05, 0) is 19.8 Å². The Labute approximate surface area is 82.6 Å². The van der Waals surface area contributed by atoms with Gasteiger partial charge in [0.1, 0.15) is 0 Å². The second-order valence-corrected chi connectivity index (χ2v) is 3.66. The van der Waals surface area contributed by atoms with Gasteiger partial charge in [-0.1, -0.05) is 13.8 Å². The van der Waals surface area contributed by atoms with Crippen molar-refractivity contribution in [2.24, 2.45) is 0 Å². The monoisotopic (exact) mass is 196 g/mol. The molecule has 0 aromatic carbocycles. The Morgan fingerprint density at radius 3 is 2.36 bits per heavy atom. The molecule has 14 heavy (non-hydrogen) atoms. The van der Waals surface area contributed by atoms with Gasteiger partial charge in [0.15, 0.2) is 0 Å². The van der Waals surface area contributed by atoms with Crippen LogP contribution in [0.4, 0.5) is 0 Å². The molecule has 0 bridgehead atoms. The topological polar surface area (TPSA) is 54.9 Å². The van der Waals surface area contributed by atoms with E-state index in [4.69, 9.17) is 0 Å². The highest BCUT2D eigenvalue weighted by Crippen LogP contribution is 2.12. The van der Waals surface area contributed by atoms with Crippen molar-refractivity contribution in [2.45, 2.75) is 40.2 Å². The van der Waals surface area contributed by atoms with E-state index in [0.29, 0.717) is 12.1 Å². The third-order valence-corrected chi connectivity index (χ3v) is 2.40. The Hall–Kier alpha value is -1.32. The summed E-state index contributed by atoms with van der Waals surface area (Å²) in [6.45, 7) is 8.18. The van der Waals surface area contributed by atoms with Crippen LogP contribution in [0.5, 0.6) is 0 Å². The predicted octanol–water partition coefficient (Wildman–Crippen LogP) is 0.988. The molecule has 0 spiro atoms. The second kappa shape index (κ2) is 3.82. The lowest BCUT2D eigenvalue weighted by molar-refractivity contribution is 0.642. The van der Waals surface area contributed by atoms with Gasteiger partial charge in [-0.2, -0.15) is 0 Å². The van der Waals surface area contributed by atoms with Crippen LogP contribution in [-0.2, 0) is 6.54 Å². The molecule has 0 radical (unpaired) electrons. The van der Waals surface area contributed by atoms with Crippen LogP contribution in [0.2, 0.25) is 0 Å². The first-order valence-electron chi connectivity index (χ1n) is 4.82. The highest BCUT2D eigenvalue weighted by Gasteiger charge is 2.12. The van der Waals surface area contributed by atoms with Crippen molar-refractivity contribution in [3.8, 4) is 0 Å². The summed E-state index contributed by atoms with van der Waals surface area (Å²) in [6.07, 6.45) is 0. The normalized spacial score (nSPS) is 10.9. The van der Waals surface area contributed by atoms with Gasteiger partial charge in [0.05, 0.1) is 0 Å². The molecule has 78 valence electrons. The molecule has 0 saturated heterocycles. The Balaban J connectivity index is 3.61. The van der Waals surface area contributed by atoms with E-state index in [-0.39, 0.29) is 17.2 Å². The first kappa shape index (κ1) is 10.8. The molecule has 0 aliphatic heterocycles. The minimum atomic E-state index is -0.320. The van der Waals surface area contributed by atoms with Gasteiger partial charge < -0.3 is 0 Å². The highest BCUT2D eigenvalue weighted by atomic mass is 16.2. The zero-order valence-corrected chi connectivity index (χ0v) is 9.05. The summed E-state index contributed by atoms with van der Waals surface area (Å²) in [7, 11) is 0. The standard InChI is InChI=1S/C10H16N2O2/c1-5-12-7(4)8(6(2)3)9(13)11-10(12)14/h6H,5H2,1-4H3,(H,11,13,14). The third-order valence-electron chi connectivity index (χ3n) is 2.40. The van der Waals surface area contributed by atoms with Crippen LogP contribution in [0.3, 0.4) is 0 Å². The van der Waals surface area contributed by atoms with Crippen molar-refractivity contribution in [1.29, 1.82) is 0 Å². The van der Waals surface area contributed by atoms with Gasteiger partial charge in [0.25, 0.3) is 5.56 Å². The number of hydrogen-bond donors (Lipinski definition) is 1. The Bertz CT molecular complexity index is 440. The van der Waals surface area contributed by atoms with E-state index < -0.39 is 0 Å². The van der Waals surface area contributed by atoms with Crippen LogP contribution in [0.25, 0.3) is 0 Å². The minimum absolute atomic E-state index is 0.136. The van der Waals surface area contributed by atoms with E-state index in [1.54, 1.807) is 4.57 Å². The molecule has 0 amide bonds. The van der Waals surface area contributed by atoms with E-state index in [9.17, 15) is 9.59 Å². The summed E-state index contributed by atoms with van der Waals surface area (Å²) in [5.74, 6) is 0.136. The average Bonchev–Trinajstić information content (AvgIpc) is 2.02. The lowest BCUT2D eigenvalue weighted by Gasteiger charge is -2.12. The van der Waals surface area contributed by atoms with Crippen molar-refractivity contribution < 1.29 is 0 Å². The molecule has 0 unspecified atom stereocenters. The Morgan fingerprint density at radius 2 is 1.93 bits per heavy atom. The van der Waals surface area contributed by atoms with E-state index in [2.05, 4.69) is 4.98 Å². The van der Waals surface area contributed by atoms with E-state index in [0.717, 1.165) is 5.69 Å². The van der Waals surface area contributed by atoms with E-state index >= 15 is 0 Å². The van der Waals surface area contributed by atoms with Crippen molar-refractivity contribution >= 4 is 0 Å². The van der Waals surface area contributed by atoms with Crippen molar-refractivity contribution in [2.75, 3.05) is 0 Å². The van der Waals surface area contributed by atoms with Crippen molar-refractivity contribution in [1.82, 2.24) is 9.55 Å². The molecule has 1 heterocycles. The molecule has 0 atom stereocenters. The van der Waals surface area contributed by atoms with Crippen LogP contribution >= 0.6 is 0 Å². The molecule has 1 N–H and O–H groups in total. The van der Waals surface area contributed by atoms with E-state index in [1.165, 1.54) is 0 Å². The van der Waals surface area contributed by atoms with Gasteiger partial charge >= 0.3 is 5.69 Å².